The number of aromatic nitrogens is 1. The molecule has 1 fully saturated rings. The van der Waals surface area contributed by atoms with Gasteiger partial charge >= 0.3 is 0 Å². The number of amides is 2. The molecule has 0 unspecified atom stereocenters. The Labute approximate surface area is 151 Å². The van der Waals surface area contributed by atoms with Gasteiger partial charge in [-0.3, -0.25) is 19.4 Å². The summed E-state index contributed by atoms with van der Waals surface area (Å²) in [6.45, 7) is 5.76. The summed E-state index contributed by atoms with van der Waals surface area (Å²) in [5, 5.41) is 9.29. The average Bonchev–Trinajstić information content (AvgIpc) is 3.26. The maximum Gasteiger partial charge on any atom is 0.239 e. The zero-order valence-corrected chi connectivity index (χ0v) is 14.7. The van der Waals surface area contributed by atoms with E-state index in [4.69, 9.17) is 8.94 Å². The summed E-state index contributed by atoms with van der Waals surface area (Å²) in [4.78, 5) is 28.1. The second-order valence-electron chi connectivity index (χ2n) is 6.28. The Hall–Kier alpha value is -2.65. The predicted molar refractivity (Wildman–Crippen MR) is 93.3 cm³/mol. The zero-order chi connectivity index (χ0) is 18.4. The highest BCUT2D eigenvalue weighted by molar-refractivity contribution is 5.91. The van der Waals surface area contributed by atoms with E-state index in [1.54, 1.807) is 25.3 Å². The lowest BCUT2D eigenvalue weighted by atomic mass is 10.3. The Morgan fingerprint density at radius 2 is 1.85 bits per heavy atom. The minimum atomic E-state index is -0.122. The third-order valence-electron chi connectivity index (χ3n) is 4.13. The van der Waals surface area contributed by atoms with Gasteiger partial charge < -0.3 is 19.6 Å². The number of piperazine rings is 1. The summed E-state index contributed by atoms with van der Waals surface area (Å²) in [5.74, 6) is 1.66. The van der Waals surface area contributed by atoms with Crippen LogP contribution < -0.4 is 10.6 Å². The fraction of sp³-hybridized carbons (Fsp3) is 0.471. The van der Waals surface area contributed by atoms with Crippen LogP contribution in [0.5, 0.6) is 0 Å². The molecule has 2 N–H and O–H groups in total. The average molecular weight is 361 g/mol. The first-order valence-electron chi connectivity index (χ1n) is 8.55. The second-order valence-corrected chi connectivity index (χ2v) is 6.28. The Kier molecular flexibility index (Phi) is 6.03. The van der Waals surface area contributed by atoms with E-state index in [0.29, 0.717) is 31.2 Å². The van der Waals surface area contributed by atoms with Crippen LogP contribution >= 0.6 is 0 Å². The number of furan rings is 1. The van der Waals surface area contributed by atoms with Crippen LogP contribution in [0.3, 0.4) is 0 Å². The number of hydrogen-bond acceptors (Lipinski definition) is 7. The van der Waals surface area contributed by atoms with E-state index < -0.39 is 0 Å². The van der Waals surface area contributed by atoms with Crippen molar-refractivity contribution < 1.29 is 18.5 Å². The van der Waals surface area contributed by atoms with Gasteiger partial charge in [0.25, 0.3) is 0 Å². The minimum absolute atomic E-state index is 0.0333. The van der Waals surface area contributed by atoms with E-state index >= 15 is 0 Å². The molecule has 26 heavy (non-hydrogen) atoms. The van der Waals surface area contributed by atoms with Crippen LogP contribution in [-0.2, 0) is 16.1 Å². The maximum absolute atomic E-state index is 12.0. The van der Waals surface area contributed by atoms with Gasteiger partial charge in [-0.15, -0.1) is 0 Å². The third-order valence-corrected chi connectivity index (χ3v) is 4.13. The number of carbonyl (C=O) groups excluding carboxylic acids is 2. The SMILES string of the molecule is Cc1cc(NC(=O)CN2CCN(CC(=O)NCc3ccco3)CC2)no1. The smallest absolute Gasteiger partial charge is 0.239 e. The van der Waals surface area contributed by atoms with Gasteiger partial charge in [0, 0.05) is 32.2 Å². The van der Waals surface area contributed by atoms with Crippen molar-refractivity contribution in [2.75, 3.05) is 44.6 Å². The lowest BCUT2D eigenvalue weighted by Crippen LogP contribution is -2.50. The van der Waals surface area contributed by atoms with Crippen LogP contribution in [0.4, 0.5) is 5.82 Å². The summed E-state index contributed by atoms with van der Waals surface area (Å²) in [5.41, 5.74) is 0. The van der Waals surface area contributed by atoms with Gasteiger partial charge in [0.15, 0.2) is 5.82 Å². The van der Waals surface area contributed by atoms with Crippen LogP contribution in [0.25, 0.3) is 0 Å². The van der Waals surface area contributed by atoms with Crippen molar-refractivity contribution in [3.63, 3.8) is 0 Å². The van der Waals surface area contributed by atoms with Crippen LogP contribution in [0.2, 0.25) is 0 Å². The lowest BCUT2D eigenvalue weighted by molar-refractivity contribution is -0.123. The largest absolute Gasteiger partial charge is 0.467 e. The molecule has 1 aliphatic heterocycles. The molecule has 3 heterocycles. The molecule has 0 radical (unpaired) electrons. The van der Waals surface area contributed by atoms with Gasteiger partial charge in [0.1, 0.15) is 11.5 Å². The number of aryl methyl sites for hydroxylation is 1. The van der Waals surface area contributed by atoms with Crippen molar-refractivity contribution in [3.05, 3.63) is 36.0 Å². The number of rotatable bonds is 7. The summed E-state index contributed by atoms with van der Waals surface area (Å²) in [6.07, 6.45) is 1.58. The summed E-state index contributed by atoms with van der Waals surface area (Å²) in [7, 11) is 0. The molecule has 1 saturated heterocycles. The van der Waals surface area contributed by atoms with Gasteiger partial charge in [0.05, 0.1) is 25.9 Å². The van der Waals surface area contributed by atoms with Crippen molar-refractivity contribution in [1.82, 2.24) is 20.3 Å². The molecule has 9 heteroatoms. The zero-order valence-electron chi connectivity index (χ0n) is 14.7. The molecule has 0 saturated carbocycles. The normalized spacial score (nSPS) is 15.7. The molecular formula is C17H23N5O4. The summed E-state index contributed by atoms with van der Waals surface area (Å²) >= 11 is 0. The molecule has 1 aliphatic rings. The standard InChI is InChI=1S/C17H23N5O4/c1-13-9-15(20-26-13)19-17(24)12-22-6-4-21(5-7-22)11-16(23)18-10-14-3-2-8-25-14/h2-3,8-9H,4-7,10-12H2,1H3,(H,18,23)(H,19,20,24). The molecule has 0 atom stereocenters. The fourth-order valence-electron chi connectivity index (χ4n) is 2.77. The van der Waals surface area contributed by atoms with Crippen LogP contribution in [0, 0.1) is 6.92 Å². The monoisotopic (exact) mass is 361 g/mol. The highest BCUT2D eigenvalue weighted by atomic mass is 16.5. The second kappa shape index (κ2) is 8.63. The molecule has 2 amide bonds. The molecule has 2 aromatic heterocycles. The van der Waals surface area contributed by atoms with Crippen molar-refractivity contribution >= 4 is 17.6 Å². The first-order chi connectivity index (χ1) is 12.6. The Balaban J connectivity index is 1.33. The highest BCUT2D eigenvalue weighted by Crippen LogP contribution is 2.08. The maximum atomic E-state index is 12.0. The molecule has 3 rings (SSSR count). The van der Waals surface area contributed by atoms with Gasteiger partial charge in [-0.2, -0.15) is 0 Å². The third kappa shape index (κ3) is 5.43. The van der Waals surface area contributed by atoms with E-state index in [1.165, 1.54) is 0 Å². The number of nitrogens with zero attached hydrogens (tertiary/aromatic N) is 3. The van der Waals surface area contributed by atoms with E-state index in [1.807, 2.05) is 6.07 Å². The van der Waals surface area contributed by atoms with Crippen molar-refractivity contribution in [2.24, 2.45) is 0 Å². The summed E-state index contributed by atoms with van der Waals surface area (Å²) in [6, 6.07) is 5.29. The molecular weight excluding hydrogens is 338 g/mol. The van der Waals surface area contributed by atoms with Gasteiger partial charge in [-0.05, 0) is 19.1 Å². The van der Waals surface area contributed by atoms with Gasteiger partial charge in [0.2, 0.25) is 11.8 Å². The number of hydrogen-bond donors (Lipinski definition) is 2. The highest BCUT2D eigenvalue weighted by Gasteiger charge is 2.21. The lowest BCUT2D eigenvalue weighted by Gasteiger charge is -2.33. The van der Waals surface area contributed by atoms with Crippen LogP contribution in [-0.4, -0.2) is 66.0 Å². The Bertz CT molecular complexity index is 719. The van der Waals surface area contributed by atoms with Crippen molar-refractivity contribution in [3.8, 4) is 0 Å². The molecule has 0 aliphatic carbocycles. The molecule has 0 bridgehead atoms. The van der Waals surface area contributed by atoms with E-state index in [9.17, 15) is 9.59 Å². The molecule has 2 aromatic rings. The molecule has 140 valence electrons. The van der Waals surface area contributed by atoms with E-state index in [2.05, 4.69) is 25.6 Å². The number of carbonyl (C=O) groups is 2. The number of nitrogens with one attached hydrogen (secondary N) is 2. The van der Waals surface area contributed by atoms with Gasteiger partial charge in [-0.25, -0.2) is 0 Å². The van der Waals surface area contributed by atoms with E-state index in [-0.39, 0.29) is 11.8 Å². The Morgan fingerprint density at radius 3 is 2.42 bits per heavy atom. The Morgan fingerprint density at radius 1 is 1.15 bits per heavy atom. The van der Waals surface area contributed by atoms with E-state index in [0.717, 1.165) is 31.9 Å². The topological polar surface area (TPSA) is 104 Å². The van der Waals surface area contributed by atoms with Crippen molar-refractivity contribution in [1.29, 1.82) is 0 Å². The minimum Gasteiger partial charge on any atom is -0.467 e. The molecule has 0 aromatic carbocycles. The van der Waals surface area contributed by atoms with Gasteiger partial charge in [-0.1, -0.05) is 5.16 Å². The first-order valence-corrected chi connectivity index (χ1v) is 8.55. The molecule has 0 spiro atoms. The van der Waals surface area contributed by atoms with Crippen LogP contribution in [0.1, 0.15) is 11.5 Å². The number of anilines is 1. The quantitative estimate of drug-likeness (QED) is 0.738. The predicted octanol–water partition coefficient (Wildman–Crippen LogP) is 0.449. The molecule has 9 nitrogen and oxygen atoms in total. The fourth-order valence-corrected chi connectivity index (χ4v) is 2.77. The van der Waals surface area contributed by atoms with Crippen LogP contribution in [0.15, 0.2) is 33.4 Å². The first kappa shape index (κ1) is 18.2. The summed E-state index contributed by atoms with van der Waals surface area (Å²) < 4.78 is 10.1. The van der Waals surface area contributed by atoms with Crippen molar-refractivity contribution in [2.45, 2.75) is 13.5 Å².